The predicted octanol–water partition coefficient (Wildman–Crippen LogP) is 19.7. The number of hydrogen-bond acceptors (Lipinski definition) is 31. The molecule has 36 nitrogen and oxygen atoms in total. The number of anilines is 10. The van der Waals surface area contributed by atoms with Crippen molar-refractivity contribution in [3.63, 3.8) is 0 Å². The molecule has 0 saturated heterocycles. The van der Waals surface area contributed by atoms with Gasteiger partial charge in [0.25, 0.3) is 0 Å². The third-order valence-corrected chi connectivity index (χ3v) is 23.2. The van der Waals surface area contributed by atoms with Crippen LogP contribution in [0.2, 0.25) is 0 Å². The van der Waals surface area contributed by atoms with Gasteiger partial charge in [-0.1, -0.05) is 18.2 Å². The number of aromatic nitrogens is 15. The second-order valence-electron chi connectivity index (χ2n) is 32.1. The molecular weight excluding hydrogens is 1880 g/mol. The summed E-state index contributed by atoms with van der Waals surface area (Å²) >= 11 is 0. The molecule has 7 N–H and O–H groups in total. The molecule has 145 heavy (non-hydrogen) atoms. The number of pyridine rings is 2. The van der Waals surface area contributed by atoms with Gasteiger partial charge in [0.15, 0.2) is 109 Å². The number of ether oxygens (including phenoxy) is 14. The van der Waals surface area contributed by atoms with E-state index in [1.807, 2.05) is 141 Å². The second kappa shape index (κ2) is 40.7. The molecule has 730 valence electrons. The first kappa shape index (κ1) is 92.1. The van der Waals surface area contributed by atoms with Gasteiger partial charge in [0.05, 0.1) is 58.2 Å². The first-order valence-corrected chi connectivity index (χ1v) is 45.0. The zero-order valence-corrected chi connectivity index (χ0v) is 77.2. The molecule has 5 aliphatic heterocycles. The predicted molar refractivity (Wildman–Crippen MR) is 525 cm³/mol. The number of benzene rings is 9. The summed E-state index contributed by atoms with van der Waals surface area (Å²) in [6.07, 6.45) is 21.6. The average Bonchev–Trinajstić information content (AvgIpc) is 1.69. The summed E-state index contributed by atoms with van der Waals surface area (Å²) in [6, 6.07) is 53.1. The van der Waals surface area contributed by atoms with Crippen LogP contribution < -0.4 is 92.9 Å². The van der Waals surface area contributed by atoms with Crippen LogP contribution in [-0.4, -0.2) is 177 Å². The second-order valence-corrected chi connectivity index (χ2v) is 32.1. The zero-order chi connectivity index (χ0) is 99.1. The highest BCUT2D eigenvalue weighted by molar-refractivity contribution is 5.89. The van der Waals surface area contributed by atoms with Crippen LogP contribution in [0.5, 0.6) is 92.0 Å². The van der Waals surface area contributed by atoms with Crippen molar-refractivity contribution in [2.24, 2.45) is 0 Å². The van der Waals surface area contributed by atoms with Crippen LogP contribution in [0.3, 0.4) is 0 Å². The van der Waals surface area contributed by atoms with E-state index in [2.05, 4.69) is 71.4 Å². The summed E-state index contributed by atoms with van der Waals surface area (Å²) in [7, 11) is 5.99. The van der Waals surface area contributed by atoms with Gasteiger partial charge in [0, 0.05) is 131 Å². The summed E-state index contributed by atoms with van der Waals surface area (Å²) < 4.78 is 157. The molecule has 5 aliphatic rings. The minimum absolute atomic E-state index is 0.0189. The van der Waals surface area contributed by atoms with E-state index >= 15 is 0 Å². The maximum Gasteiger partial charge on any atom is 0.212 e. The van der Waals surface area contributed by atoms with E-state index in [9.17, 15) is 32.2 Å². The van der Waals surface area contributed by atoms with Gasteiger partial charge in [-0.3, -0.25) is 37.0 Å². The standard InChI is InChI=1S/C22H18FN3O4.C22H20N4O4.C21H17FN4O4.C20H14F2N4O2.C19H14FN5O2/c1-28-18-11-13(10-15(23)21(18)27)20-22(26-7-3-2-4-19(26)25-20)24-14-5-6-16-17(12-14)30-9-8-29-16;1-27-16-4-3-5-17(28-2)20(16)21-22(26-13-23-9-8-19(26)25-21)24-14-6-7-15-18(12-14)30-11-10-29-15;1-28-17-9-12(8-14(22)20(17)27)19-21(26-5-4-23-11-18(26)25-19)24-13-2-3-15-16(10-13)30-7-6-29-15;21-13-2-1-3-14(22)18(13)19-20(26-7-6-23-11-17(26)25-19)24-12-4-5-15-16(10-12)28-9-8-27-15;20-16-4-1-12(10-22-16)18-19(25-6-5-21-11-17(25)24-18)23-13-2-3-14-15(9-13)27-8-7-26-14/h2-7,10-12,24,27H,8-9H2,1H3;3-9,12-13,24H,10-11H2,1-2H3;2-5,8-11,24,27H,6-7H2,1H3;1-7,10-11,24H,8-9H2;1-6,9-11,23H,7-8H2. The fourth-order valence-corrected chi connectivity index (χ4v) is 16.5. The van der Waals surface area contributed by atoms with E-state index in [0.717, 1.165) is 57.1 Å². The molecule has 25 rings (SSSR count). The van der Waals surface area contributed by atoms with Crippen molar-refractivity contribution in [3.05, 3.63) is 298 Å². The fourth-order valence-electron chi connectivity index (χ4n) is 16.5. The lowest BCUT2D eigenvalue weighted by Gasteiger charge is -2.19. The van der Waals surface area contributed by atoms with Crippen LogP contribution in [0, 0.1) is 29.2 Å². The molecule has 9 aromatic carbocycles. The lowest BCUT2D eigenvalue weighted by atomic mass is 10.1. The summed E-state index contributed by atoms with van der Waals surface area (Å²) in [5, 5.41) is 36.4. The minimum atomic E-state index is -0.801. The van der Waals surface area contributed by atoms with Crippen LogP contribution in [0.15, 0.2) is 269 Å². The zero-order valence-electron chi connectivity index (χ0n) is 77.2. The third kappa shape index (κ3) is 19.1. The van der Waals surface area contributed by atoms with Gasteiger partial charge in [0.2, 0.25) is 5.95 Å². The SMILES string of the molecule is COc1cc(-c2nc3ccccn3c2Nc2ccc3c(c2)OCCO3)cc(F)c1O.COc1cc(-c2nc3cnccn3c2Nc2ccc3c(c2)OCCO3)cc(F)c1O.COc1cccc(OC)c1-c1nc2ccncn2c1Nc1ccc2c(c1)OCCO2.Fc1ccc(-c2nc3cnccn3c2Nc2ccc3c(c2)OCCO3)cn1.Fc1cccc(F)c1-c1nc2cnccn2c1Nc1ccc2c(c1)OCCO2. The molecule has 0 aliphatic carbocycles. The number of phenolic OH excluding ortho intramolecular Hbond substituents is 2. The van der Waals surface area contributed by atoms with Gasteiger partial charge in [-0.05, 0) is 140 Å². The molecule has 20 aromatic rings. The van der Waals surface area contributed by atoms with Crippen molar-refractivity contribution < 1.29 is 98.5 Å². The Morgan fingerprint density at radius 3 is 1.01 bits per heavy atom. The number of fused-ring (bicyclic) bond motifs is 10. The molecular formula is C104H83F5N20O16. The maximum absolute atomic E-state index is 14.4. The van der Waals surface area contributed by atoms with E-state index in [4.69, 9.17) is 71.3 Å². The first-order chi connectivity index (χ1) is 71.0. The molecule has 0 atom stereocenters. The minimum Gasteiger partial charge on any atom is -0.502 e. The molecule has 0 unspecified atom stereocenters. The topological polar surface area (TPSA) is 381 Å². The number of imidazole rings is 5. The lowest BCUT2D eigenvalue weighted by molar-refractivity contribution is 0.171. The van der Waals surface area contributed by atoms with E-state index in [-0.39, 0.29) is 22.8 Å². The quantitative estimate of drug-likeness (QED) is 0.0292. The monoisotopic (exact) mass is 1960 g/mol. The summed E-state index contributed by atoms with van der Waals surface area (Å²) in [5.74, 6) is 6.64. The van der Waals surface area contributed by atoms with Gasteiger partial charge in [0.1, 0.15) is 164 Å². The van der Waals surface area contributed by atoms with Crippen molar-refractivity contribution in [1.29, 1.82) is 0 Å². The van der Waals surface area contributed by atoms with Gasteiger partial charge in [-0.25, -0.2) is 52.4 Å². The highest BCUT2D eigenvalue weighted by Crippen LogP contribution is 2.48. The number of rotatable bonds is 19. The van der Waals surface area contributed by atoms with Crippen LogP contribution in [0.4, 0.5) is 79.5 Å². The Morgan fingerprint density at radius 2 is 0.614 bits per heavy atom. The Labute approximate surface area is 819 Å². The summed E-state index contributed by atoms with van der Waals surface area (Å²) in [6.45, 7) is 5.10. The molecule has 0 saturated carbocycles. The normalized spacial score (nSPS) is 12.8. The molecule has 11 aromatic heterocycles. The van der Waals surface area contributed by atoms with E-state index in [1.165, 1.54) is 69.1 Å². The molecule has 0 fully saturated rings. The number of nitrogens with zero attached hydrogens (tertiary/aromatic N) is 15. The van der Waals surface area contributed by atoms with Gasteiger partial charge >= 0.3 is 0 Å². The molecule has 0 radical (unpaired) electrons. The number of nitrogens with one attached hydrogen (secondary N) is 5. The molecule has 0 amide bonds. The highest BCUT2D eigenvalue weighted by atomic mass is 19.1. The number of aromatic hydroxyl groups is 2. The average molecular weight is 1960 g/mol. The Bertz CT molecular complexity index is 8020. The summed E-state index contributed by atoms with van der Waals surface area (Å²) in [4.78, 5) is 43.3. The first-order valence-electron chi connectivity index (χ1n) is 45.0. The van der Waals surface area contributed by atoms with Crippen LogP contribution in [0.1, 0.15) is 0 Å². The molecule has 0 spiro atoms. The van der Waals surface area contributed by atoms with E-state index in [0.29, 0.717) is 209 Å². The molecule has 0 bridgehead atoms. The highest BCUT2D eigenvalue weighted by Gasteiger charge is 2.30. The van der Waals surface area contributed by atoms with Crippen LogP contribution in [0.25, 0.3) is 84.5 Å². The largest absolute Gasteiger partial charge is 0.502 e. The van der Waals surface area contributed by atoms with Crippen molar-refractivity contribution in [2.45, 2.75) is 0 Å². The van der Waals surface area contributed by atoms with Crippen LogP contribution >= 0.6 is 0 Å². The fraction of sp³-hybridized carbons (Fsp3) is 0.135. The molecule has 16 heterocycles. The van der Waals surface area contributed by atoms with E-state index < -0.39 is 40.7 Å². The Kier molecular flexibility index (Phi) is 25.8. The number of methoxy groups -OCH3 is 4. The van der Waals surface area contributed by atoms with Crippen molar-refractivity contribution in [3.8, 4) is 148 Å². The Balaban J connectivity index is 0.000000107. The number of halogens is 5. The maximum atomic E-state index is 14.4. The van der Waals surface area contributed by atoms with Crippen molar-refractivity contribution >= 4 is 85.8 Å². The van der Waals surface area contributed by atoms with Crippen LogP contribution in [-0.2, 0) is 0 Å². The third-order valence-electron chi connectivity index (χ3n) is 23.2. The Hall–Kier alpha value is -19.2. The number of phenols is 2. The van der Waals surface area contributed by atoms with Gasteiger partial charge in [-0.2, -0.15) is 4.39 Å². The van der Waals surface area contributed by atoms with Crippen molar-refractivity contribution in [1.82, 2.24) is 71.8 Å². The van der Waals surface area contributed by atoms with Crippen molar-refractivity contribution in [2.75, 3.05) is 121 Å². The van der Waals surface area contributed by atoms with E-state index in [1.54, 1.807) is 109 Å². The van der Waals surface area contributed by atoms with Gasteiger partial charge in [-0.15, -0.1) is 0 Å². The summed E-state index contributed by atoms with van der Waals surface area (Å²) in [5.41, 5.74) is 11.5. The van der Waals surface area contributed by atoms with Gasteiger partial charge < -0.3 is 103 Å². The molecule has 41 heteroatoms. The smallest absolute Gasteiger partial charge is 0.212 e. The Morgan fingerprint density at radius 1 is 0.276 bits per heavy atom. The lowest BCUT2D eigenvalue weighted by Crippen LogP contribution is -2.15. The number of hydrogen-bond donors (Lipinski definition) is 7.